The Morgan fingerprint density at radius 3 is 2.84 bits per heavy atom. The summed E-state index contributed by atoms with van der Waals surface area (Å²) in [5.41, 5.74) is 1.32. The number of fused-ring (bicyclic) bond motifs is 2. The number of H-pyrrole nitrogens is 1. The van der Waals surface area contributed by atoms with Crippen LogP contribution in [0.1, 0.15) is 17.2 Å². The monoisotopic (exact) mass is 418 g/mol. The van der Waals surface area contributed by atoms with Crippen LogP contribution >= 0.6 is 0 Å². The molecule has 2 aromatic heterocycles. The van der Waals surface area contributed by atoms with Gasteiger partial charge in [-0.1, -0.05) is 29.4 Å². The first-order valence-electron chi connectivity index (χ1n) is 9.13. The molecule has 1 atom stereocenters. The fourth-order valence-corrected chi connectivity index (χ4v) is 3.70. The number of rotatable bonds is 4. The van der Waals surface area contributed by atoms with Crippen molar-refractivity contribution in [1.29, 1.82) is 0 Å². The van der Waals surface area contributed by atoms with E-state index in [1.165, 1.54) is 10.7 Å². The Bertz CT molecular complexity index is 1380. The van der Waals surface area contributed by atoms with E-state index in [4.69, 9.17) is 4.74 Å². The molecule has 0 fully saturated rings. The van der Waals surface area contributed by atoms with Crippen LogP contribution in [0, 0.1) is 10.1 Å². The Morgan fingerprint density at radius 2 is 2.03 bits per heavy atom. The van der Waals surface area contributed by atoms with Gasteiger partial charge in [-0.25, -0.2) is 5.10 Å². The van der Waals surface area contributed by atoms with Gasteiger partial charge in [0.25, 0.3) is 11.2 Å². The maximum absolute atomic E-state index is 12.7. The molecule has 0 spiro atoms. The van der Waals surface area contributed by atoms with E-state index in [2.05, 4.69) is 31.0 Å². The van der Waals surface area contributed by atoms with Gasteiger partial charge in [-0.3, -0.25) is 14.9 Å². The smallest absolute Gasteiger partial charge is 0.288 e. The van der Waals surface area contributed by atoms with Crippen molar-refractivity contribution >= 4 is 17.3 Å². The van der Waals surface area contributed by atoms with E-state index >= 15 is 0 Å². The minimum Gasteiger partial charge on any atom is -0.497 e. The summed E-state index contributed by atoms with van der Waals surface area (Å²) in [4.78, 5) is 24.0. The lowest BCUT2D eigenvalue weighted by Crippen LogP contribution is -2.29. The van der Waals surface area contributed by atoms with Gasteiger partial charge in [0.2, 0.25) is 5.95 Å². The van der Waals surface area contributed by atoms with Crippen LogP contribution < -0.4 is 15.6 Å². The zero-order chi connectivity index (χ0) is 21.5. The van der Waals surface area contributed by atoms with E-state index in [1.807, 2.05) is 0 Å². The fourth-order valence-electron chi connectivity index (χ4n) is 3.70. The number of anilines is 2. The normalized spacial score (nSPS) is 14.3. The topological polar surface area (TPSA) is 154 Å². The van der Waals surface area contributed by atoms with Crippen LogP contribution in [0.3, 0.4) is 0 Å². The summed E-state index contributed by atoms with van der Waals surface area (Å²) in [6, 6.07) is 12.5. The van der Waals surface area contributed by atoms with Crippen LogP contribution in [0.5, 0.6) is 5.75 Å². The lowest BCUT2D eigenvalue weighted by molar-refractivity contribution is -0.385. The second kappa shape index (κ2) is 7.02. The third-order valence-electron chi connectivity index (χ3n) is 5.04. The molecule has 0 amide bonds. The van der Waals surface area contributed by atoms with Gasteiger partial charge in [-0.15, -0.1) is 0 Å². The quantitative estimate of drug-likeness (QED) is 0.329. The molecule has 1 aliphatic heterocycles. The van der Waals surface area contributed by atoms with Gasteiger partial charge in [0.1, 0.15) is 17.5 Å². The molecule has 12 nitrogen and oxygen atoms in total. The molecule has 0 saturated carbocycles. The molecule has 0 saturated heterocycles. The molecule has 12 heteroatoms. The van der Waals surface area contributed by atoms with Gasteiger partial charge >= 0.3 is 0 Å². The largest absolute Gasteiger partial charge is 0.497 e. The number of nitro groups is 1. The minimum absolute atomic E-state index is 0.126. The van der Waals surface area contributed by atoms with Crippen molar-refractivity contribution in [3.63, 3.8) is 0 Å². The summed E-state index contributed by atoms with van der Waals surface area (Å²) in [5, 5.41) is 33.0. The third kappa shape index (κ3) is 2.88. The number of tetrazole rings is 1. The number of methoxy groups -OCH3 is 1. The molecule has 5 rings (SSSR count). The van der Waals surface area contributed by atoms with Crippen LogP contribution in [0.15, 0.2) is 53.3 Å². The van der Waals surface area contributed by atoms with Gasteiger partial charge in [0.15, 0.2) is 0 Å². The van der Waals surface area contributed by atoms with E-state index in [0.717, 1.165) is 0 Å². The van der Waals surface area contributed by atoms with Crippen LogP contribution in [-0.4, -0.2) is 42.4 Å². The SMILES string of the molecule is COc1cccc(-c2n[nH]c(=O)c3c2[C@@H](c2ccccc2[N+](=O)[O-])n2nnnc2N3)c1. The van der Waals surface area contributed by atoms with Crippen LogP contribution in [0.2, 0.25) is 0 Å². The Hall–Kier alpha value is -4.61. The van der Waals surface area contributed by atoms with Gasteiger partial charge in [0, 0.05) is 17.2 Å². The molecule has 0 unspecified atom stereocenters. The van der Waals surface area contributed by atoms with Crippen molar-refractivity contribution < 1.29 is 9.66 Å². The van der Waals surface area contributed by atoms with E-state index < -0.39 is 16.5 Å². The lowest BCUT2D eigenvalue weighted by atomic mass is 9.91. The number of aromatic amines is 1. The first-order chi connectivity index (χ1) is 15.1. The maximum Gasteiger partial charge on any atom is 0.288 e. The zero-order valence-corrected chi connectivity index (χ0v) is 16.0. The Kier molecular flexibility index (Phi) is 4.17. The van der Waals surface area contributed by atoms with Crippen molar-refractivity contribution in [2.24, 2.45) is 0 Å². The highest BCUT2D eigenvalue weighted by Crippen LogP contribution is 2.43. The van der Waals surface area contributed by atoms with E-state index in [0.29, 0.717) is 28.1 Å². The first kappa shape index (κ1) is 18.4. The van der Waals surface area contributed by atoms with Gasteiger partial charge < -0.3 is 10.1 Å². The van der Waals surface area contributed by atoms with Crippen LogP contribution in [0.25, 0.3) is 11.3 Å². The van der Waals surface area contributed by atoms with Gasteiger partial charge in [-0.05, 0) is 28.6 Å². The average Bonchev–Trinajstić information content (AvgIpc) is 3.26. The number of nitro benzene ring substituents is 1. The number of nitrogens with zero attached hydrogens (tertiary/aromatic N) is 6. The molecule has 154 valence electrons. The number of aromatic nitrogens is 6. The molecular weight excluding hydrogens is 404 g/mol. The summed E-state index contributed by atoms with van der Waals surface area (Å²) in [7, 11) is 1.54. The third-order valence-corrected chi connectivity index (χ3v) is 5.04. The second-order valence-electron chi connectivity index (χ2n) is 6.71. The standard InChI is InChI=1S/C19H14N8O4/c1-31-11-6-4-5-10(9-11)15-14-16(18(28)22-21-15)20-19-23-24-25-26(19)17(14)12-7-2-3-8-13(12)27(29)30/h2-9,17H,1H3,(H,22,28)(H,20,23,25)/t17-/m1/s1. The molecule has 1 aliphatic rings. The second-order valence-corrected chi connectivity index (χ2v) is 6.71. The molecule has 3 heterocycles. The van der Waals surface area contributed by atoms with Crippen LogP contribution in [0.4, 0.5) is 17.3 Å². The number of nitrogens with one attached hydrogen (secondary N) is 2. The molecular formula is C19H14N8O4. The summed E-state index contributed by atoms with van der Waals surface area (Å²) in [6.07, 6.45) is 0. The number of hydrogen-bond acceptors (Lipinski definition) is 9. The van der Waals surface area contributed by atoms with Crippen molar-refractivity contribution in [3.8, 4) is 17.0 Å². The number of hydrogen-bond donors (Lipinski definition) is 2. The molecule has 31 heavy (non-hydrogen) atoms. The minimum atomic E-state index is -0.862. The van der Waals surface area contributed by atoms with Gasteiger partial charge in [-0.2, -0.15) is 9.78 Å². The number of benzene rings is 2. The lowest BCUT2D eigenvalue weighted by Gasteiger charge is -2.27. The molecule has 0 aliphatic carbocycles. The van der Waals surface area contributed by atoms with Crippen molar-refractivity contribution in [2.45, 2.75) is 6.04 Å². The summed E-state index contributed by atoms with van der Waals surface area (Å²) in [5.74, 6) is 0.775. The number of para-hydroxylation sites is 1. The molecule has 0 bridgehead atoms. The maximum atomic E-state index is 12.7. The van der Waals surface area contributed by atoms with Crippen molar-refractivity contribution in [3.05, 3.63) is 80.1 Å². The van der Waals surface area contributed by atoms with Crippen molar-refractivity contribution in [2.75, 3.05) is 12.4 Å². The number of ether oxygens (including phenoxy) is 1. The Labute approximate surface area is 173 Å². The van der Waals surface area contributed by atoms with E-state index in [-0.39, 0.29) is 17.3 Å². The molecule has 2 aromatic carbocycles. The molecule has 4 aromatic rings. The Morgan fingerprint density at radius 1 is 1.19 bits per heavy atom. The summed E-state index contributed by atoms with van der Waals surface area (Å²) in [6.45, 7) is 0. The highest BCUT2D eigenvalue weighted by molar-refractivity contribution is 5.76. The highest BCUT2D eigenvalue weighted by Gasteiger charge is 2.37. The summed E-state index contributed by atoms with van der Waals surface area (Å²) >= 11 is 0. The van der Waals surface area contributed by atoms with E-state index in [9.17, 15) is 14.9 Å². The Balaban J connectivity index is 1.85. The fraction of sp³-hybridized carbons (Fsp3) is 0.105. The zero-order valence-electron chi connectivity index (χ0n) is 16.0. The molecule has 0 radical (unpaired) electrons. The van der Waals surface area contributed by atoms with E-state index in [1.54, 1.807) is 49.6 Å². The van der Waals surface area contributed by atoms with Crippen LogP contribution in [-0.2, 0) is 0 Å². The highest BCUT2D eigenvalue weighted by atomic mass is 16.6. The first-order valence-corrected chi connectivity index (χ1v) is 9.13. The molecule has 2 N–H and O–H groups in total. The predicted octanol–water partition coefficient (Wildman–Crippen LogP) is 2.03. The van der Waals surface area contributed by atoms with Crippen molar-refractivity contribution in [1.82, 2.24) is 30.4 Å². The van der Waals surface area contributed by atoms with Gasteiger partial charge in [0.05, 0.1) is 23.3 Å². The summed E-state index contributed by atoms with van der Waals surface area (Å²) < 4.78 is 6.71. The predicted molar refractivity (Wildman–Crippen MR) is 108 cm³/mol. The average molecular weight is 418 g/mol.